The molecule has 0 spiro atoms. The maximum atomic E-state index is 8.92. The summed E-state index contributed by atoms with van der Waals surface area (Å²) in [6.07, 6.45) is 8.35. The lowest BCUT2D eigenvalue weighted by molar-refractivity contribution is 0.241. The van der Waals surface area contributed by atoms with Crippen LogP contribution in [0.25, 0.3) is 0 Å². The predicted octanol–water partition coefficient (Wildman–Crippen LogP) is 1.20. The lowest BCUT2D eigenvalue weighted by Crippen LogP contribution is -2.06. The Morgan fingerprint density at radius 3 is 2.53 bits per heavy atom. The van der Waals surface area contributed by atoms with Crippen LogP contribution in [-0.4, -0.2) is 58.9 Å². The number of rotatable bonds is 12. The molecular formula is C14H26O4S. The Labute approximate surface area is 119 Å². The second kappa shape index (κ2) is 10.7. The second-order valence-electron chi connectivity index (χ2n) is 4.85. The molecule has 0 aliphatic carbocycles. The first-order valence-electron chi connectivity index (χ1n) is 7.02. The number of hydrogen-bond acceptors (Lipinski definition) is 5. The lowest BCUT2D eigenvalue weighted by Gasteiger charge is -2.14. The molecule has 0 amide bonds. The van der Waals surface area contributed by atoms with Crippen LogP contribution < -0.4 is 0 Å². The molecular weight excluding hydrogens is 264 g/mol. The van der Waals surface area contributed by atoms with Crippen LogP contribution in [-0.2, 0) is 4.74 Å². The van der Waals surface area contributed by atoms with E-state index in [9.17, 15) is 0 Å². The Bertz CT molecular complexity index is 248. The van der Waals surface area contributed by atoms with Crippen molar-refractivity contribution in [3.63, 3.8) is 0 Å². The Kier molecular flexibility index (Phi) is 9.55. The van der Waals surface area contributed by atoms with E-state index >= 15 is 0 Å². The van der Waals surface area contributed by atoms with Gasteiger partial charge in [0.25, 0.3) is 0 Å². The Morgan fingerprint density at radius 1 is 1.05 bits per heavy atom. The van der Waals surface area contributed by atoms with Crippen molar-refractivity contribution < 1.29 is 20.1 Å². The third-order valence-electron chi connectivity index (χ3n) is 3.37. The van der Waals surface area contributed by atoms with Gasteiger partial charge >= 0.3 is 0 Å². The number of thioether (sulfide) groups is 1. The van der Waals surface area contributed by atoms with Gasteiger partial charge in [-0.2, -0.15) is 11.8 Å². The van der Waals surface area contributed by atoms with Gasteiger partial charge < -0.3 is 20.1 Å². The van der Waals surface area contributed by atoms with E-state index in [2.05, 4.69) is 0 Å². The van der Waals surface area contributed by atoms with Crippen LogP contribution in [0.15, 0.2) is 12.2 Å². The highest BCUT2D eigenvalue weighted by Crippen LogP contribution is 2.29. The molecule has 5 heteroatoms. The Balaban J connectivity index is 2.17. The van der Waals surface area contributed by atoms with Crippen molar-refractivity contribution >= 4 is 11.8 Å². The molecule has 1 saturated heterocycles. The van der Waals surface area contributed by atoms with Gasteiger partial charge in [0, 0.05) is 5.75 Å². The third kappa shape index (κ3) is 7.95. The van der Waals surface area contributed by atoms with Crippen LogP contribution in [0.3, 0.4) is 0 Å². The molecule has 1 aliphatic heterocycles. The van der Waals surface area contributed by atoms with Gasteiger partial charge in [-0.05, 0) is 37.4 Å². The minimum absolute atomic E-state index is 0.0670. The average Bonchev–Trinajstić information content (AvgIpc) is 3.19. The molecule has 0 aromatic rings. The van der Waals surface area contributed by atoms with E-state index in [0.29, 0.717) is 5.92 Å². The number of allylic oxidation sites excluding steroid dienone is 1. The minimum Gasteiger partial charge on any atom is -0.396 e. The largest absolute Gasteiger partial charge is 0.396 e. The minimum atomic E-state index is 0.0670. The Hall–Kier alpha value is -0.0700. The molecule has 112 valence electrons. The summed E-state index contributed by atoms with van der Waals surface area (Å²) in [4.78, 5) is 0. The molecule has 0 bridgehead atoms. The van der Waals surface area contributed by atoms with Crippen LogP contribution in [0, 0.1) is 5.92 Å². The zero-order valence-corrected chi connectivity index (χ0v) is 12.2. The van der Waals surface area contributed by atoms with Gasteiger partial charge in [-0.3, -0.25) is 0 Å². The fourth-order valence-electron chi connectivity index (χ4n) is 2.15. The van der Waals surface area contributed by atoms with Gasteiger partial charge in [0.05, 0.1) is 25.9 Å². The second-order valence-corrected chi connectivity index (χ2v) is 6.08. The van der Waals surface area contributed by atoms with Gasteiger partial charge in [0.15, 0.2) is 0 Å². The molecule has 0 aromatic carbocycles. The van der Waals surface area contributed by atoms with Crippen molar-refractivity contribution in [3.8, 4) is 0 Å². The zero-order valence-electron chi connectivity index (χ0n) is 11.4. The molecule has 1 heterocycles. The summed E-state index contributed by atoms with van der Waals surface area (Å²) in [7, 11) is 0. The van der Waals surface area contributed by atoms with Crippen LogP contribution in [0.1, 0.15) is 25.7 Å². The zero-order chi connectivity index (χ0) is 13.9. The molecule has 0 aromatic heterocycles. The summed E-state index contributed by atoms with van der Waals surface area (Å²) in [5.74, 6) is 2.46. The summed E-state index contributed by atoms with van der Waals surface area (Å²) < 4.78 is 5.34. The van der Waals surface area contributed by atoms with Crippen LogP contribution in [0.2, 0.25) is 0 Å². The molecule has 19 heavy (non-hydrogen) atoms. The quantitative estimate of drug-likeness (QED) is 0.286. The average molecular weight is 290 g/mol. The van der Waals surface area contributed by atoms with Gasteiger partial charge in [-0.1, -0.05) is 12.2 Å². The number of ether oxygens (including phenoxy) is 1. The molecule has 3 N–H and O–H groups in total. The fourth-order valence-corrected chi connectivity index (χ4v) is 2.99. The van der Waals surface area contributed by atoms with Crippen LogP contribution in [0.4, 0.5) is 0 Å². The number of hydrogen-bond donors (Lipinski definition) is 3. The maximum absolute atomic E-state index is 8.92. The van der Waals surface area contributed by atoms with Gasteiger partial charge in [0.2, 0.25) is 0 Å². The third-order valence-corrected chi connectivity index (χ3v) is 4.37. The smallest absolute Gasteiger partial charge is 0.107 e. The van der Waals surface area contributed by atoms with Crippen LogP contribution in [0.5, 0.6) is 0 Å². The van der Waals surface area contributed by atoms with E-state index in [4.69, 9.17) is 20.1 Å². The SMILES string of the molecule is OC/C=C/CC(CCSCCO)CCC1OC1CO. The molecule has 3 atom stereocenters. The molecule has 4 nitrogen and oxygen atoms in total. The van der Waals surface area contributed by atoms with Gasteiger partial charge in [-0.25, -0.2) is 0 Å². The van der Waals surface area contributed by atoms with E-state index in [1.165, 1.54) is 0 Å². The summed E-state index contributed by atoms with van der Waals surface area (Å²) in [5.41, 5.74) is 0. The molecule has 3 unspecified atom stereocenters. The summed E-state index contributed by atoms with van der Waals surface area (Å²) in [6.45, 7) is 0.476. The first-order valence-corrected chi connectivity index (χ1v) is 8.18. The van der Waals surface area contributed by atoms with Crippen molar-refractivity contribution in [1.29, 1.82) is 0 Å². The van der Waals surface area contributed by atoms with E-state index in [0.717, 1.165) is 37.2 Å². The first kappa shape index (κ1) is 17.0. The predicted molar refractivity (Wildman–Crippen MR) is 78.3 cm³/mol. The van der Waals surface area contributed by atoms with Crippen LogP contribution >= 0.6 is 11.8 Å². The standard InChI is InChI=1S/C14H26O4S/c15-7-2-1-3-12(6-9-19-10-8-16)4-5-13-14(11-17)18-13/h1-2,12-17H,3-11H2/b2-1+. The monoisotopic (exact) mass is 290 g/mol. The highest BCUT2D eigenvalue weighted by atomic mass is 32.2. The van der Waals surface area contributed by atoms with Crippen molar-refractivity contribution in [2.24, 2.45) is 5.92 Å². The number of aliphatic hydroxyl groups excluding tert-OH is 3. The van der Waals surface area contributed by atoms with Crippen molar-refractivity contribution in [1.82, 2.24) is 0 Å². The van der Waals surface area contributed by atoms with Crippen molar-refractivity contribution in [2.75, 3.05) is 31.3 Å². The maximum Gasteiger partial charge on any atom is 0.107 e. The first-order chi connectivity index (χ1) is 9.31. The van der Waals surface area contributed by atoms with E-state index in [1.54, 1.807) is 17.8 Å². The molecule has 0 saturated carbocycles. The summed E-state index contributed by atoms with van der Waals surface area (Å²) in [5, 5.41) is 26.4. The highest BCUT2D eigenvalue weighted by Gasteiger charge is 2.37. The molecule has 1 rings (SSSR count). The van der Waals surface area contributed by atoms with Crippen molar-refractivity contribution in [2.45, 2.75) is 37.9 Å². The topological polar surface area (TPSA) is 73.2 Å². The summed E-state index contributed by atoms with van der Waals surface area (Å²) in [6, 6.07) is 0. The van der Waals surface area contributed by atoms with E-state index in [1.807, 2.05) is 6.08 Å². The van der Waals surface area contributed by atoms with Gasteiger partial charge in [-0.15, -0.1) is 0 Å². The number of epoxide rings is 1. The molecule has 1 aliphatic rings. The fraction of sp³-hybridized carbons (Fsp3) is 0.857. The van der Waals surface area contributed by atoms with E-state index < -0.39 is 0 Å². The highest BCUT2D eigenvalue weighted by molar-refractivity contribution is 7.99. The van der Waals surface area contributed by atoms with Gasteiger partial charge in [0.1, 0.15) is 6.10 Å². The molecule has 1 fully saturated rings. The van der Waals surface area contributed by atoms with Crippen molar-refractivity contribution in [3.05, 3.63) is 12.2 Å². The lowest BCUT2D eigenvalue weighted by atomic mass is 9.95. The number of aliphatic hydroxyl groups is 3. The Morgan fingerprint density at radius 2 is 1.89 bits per heavy atom. The molecule has 0 radical (unpaired) electrons. The normalized spacial score (nSPS) is 23.9. The van der Waals surface area contributed by atoms with E-state index in [-0.39, 0.29) is 32.0 Å². The summed E-state index contributed by atoms with van der Waals surface area (Å²) >= 11 is 1.78.